The van der Waals surface area contributed by atoms with Crippen molar-refractivity contribution < 1.29 is 9.59 Å². The van der Waals surface area contributed by atoms with Crippen molar-refractivity contribution in [2.75, 3.05) is 13.1 Å². The van der Waals surface area contributed by atoms with E-state index in [4.69, 9.17) is 0 Å². The molecule has 0 aliphatic heterocycles. The third-order valence-corrected chi connectivity index (χ3v) is 4.04. The van der Waals surface area contributed by atoms with Gasteiger partial charge < -0.3 is 10.6 Å². The molecule has 0 heterocycles. The Morgan fingerprint density at radius 1 is 0.760 bits per heavy atom. The molecule has 0 saturated heterocycles. The molecular weight excluding hydrogens is 312 g/mol. The lowest BCUT2D eigenvalue weighted by Gasteiger charge is -2.09. The van der Waals surface area contributed by atoms with Gasteiger partial charge in [0.05, 0.1) is 0 Å². The Morgan fingerprint density at radius 3 is 2.16 bits per heavy atom. The molecule has 25 heavy (non-hydrogen) atoms. The monoisotopic (exact) mass is 332 g/mol. The Bertz CT molecular complexity index is 896. The van der Waals surface area contributed by atoms with Gasteiger partial charge in [-0.2, -0.15) is 0 Å². The molecule has 3 aromatic rings. The van der Waals surface area contributed by atoms with Gasteiger partial charge in [-0.25, -0.2) is 0 Å². The number of carbonyl (C=O) groups is 2. The first-order valence-corrected chi connectivity index (χ1v) is 8.26. The topological polar surface area (TPSA) is 58.2 Å². The molecule has 126 valence electrons. The van der Waals surface area contributed by atoms with E-state index in [1.807, 2.05) is 61.5 Å². The fraction of sp³-hybridized carbons (Fsp3) is 0.143. The first-order chi connectivity index (χ1) is 12.1. The molecule has 0 bridgehead atoms. The molecule has 0 aliphatic carbocycles. The number of fused-ring (bicyclic) bond motifs is 1. The van der Waals surface area contributed by atoms with E-state index >= 15 is 0 Å². The molecule has 0 aromatic heterocycles. The first-order valence-electron chi connectivity index (χ1n) is 8.26. The van der Waals surface area contributed by atoms with Gasteiger partial charge in [-0.15, -0.1) is 0 Å². The lowest BCUT2D eigenvalue weighted by atomic mass is 10.0. The van der Waals surface area contributed by atoms with Crippen molar-refractivity contribution in [3.63, 3.8) is 0 Å². The van der Waals surface area contributed by atoms with Crippen molar-refractivity contribution in [2.24, 2.45) is 0 Å². The maximum absolute atomic E-state index is 12.4. The average molecular weight is 332 g/mol. The fourth-order valence-electron chi connectivity index (χ4n) is 2.68. The fourth-order valence-corrected chi connectivity index (χ4v) is 2.68. The third kappa shape index (κ3) is 4.04. The molecule has 3 rings (SSSR count). The van der Waals surface area contributed by atoms with Crippen molar-refractivity contribution in [1.29, 1.82) is 0 Å². The largest absolute Gasteiger partial charge is 0.350 e. The number of hydrogen-bond acceptors (Lipinski definition) is 2. The molecule has 3 aromatic carbocycles. The van der Waals surface area contributed by atoms with Gasteiger partial charge in [0.1, 0.15) is 0 Å². The summed E-state index contributed by atoms with van der Waals surface area (Å²) in [5.74, 6) is -0.277. The highest BCUT2D eigenvalue weighted by atomic mass is 16.2. The van der Waals surface area contributed by atoms with Crippen LogP contribution in [-0.2, 0) is 0 Å². The van der Waals surface area contributed by atoms with E-state index in [0.717, 1.165) is 16.3 Å². The SMILES string of the molecule is Cc1ccc(C(=O)NCCNC(=O)c2cccc3ccccc23)cc1. The van der Waals surface area contributed by atoms with Gasteiger partial charge in [0, 0.05) is 24.2 Å². The molecule has 0 unspecified atom stereocenters. The predicted molar refractivity (Wildman–Crippen MR) is 99.8 cm³/mol. The van der Waals surface area contributed by atoms with Crippen LogP contribution in [0.2, 0.25) is 0 Å². The van der Waals surface area contributed by atoms with Crippen molar-refractivity contribution in [1.82, 2.24) is 10.6 Å². The smallest absolute Gasteiger partial charge is 0.251 e. The van der Waals surface area contributed by atoms with E-state index in [2.05, 4.69) is 10.6 Å². The molecule has 4 heteroatoms. The minimum Gasteiger partial charge on any atom is -0.350 e. The van der Waals surface area contributed by atoms with E-state index in [1.165, 1.54) is 0 Å². The summed E-state index contributed by atoms with van der Waals surface area (Å²) in [5, 5.41) is 7.61. The van der Waals surface area contributed by atoms with Crippen molar-refractivity contribution in [2.45, 2.75) is 6.92 Å². The molecule has 2 amide bonds. The zero-order valence-corrected chi connectivity index (χ0v) is 14.1. The Kier molecular flexibility index (Phi) is 5.09. The van der Waals surface area contributed by atoms with E-state index < -0.39 is 0 Å². The number of carbonyl (C=O) groups excluding carboxylic acids is 2. The molecular formula is C21H20N2O2. The van der Waals surface area contributed by atoms with Gasteiger partial charge >= 0.3 is 0 Å². The van der Waals surface area contributed by atoms with Crippen LogP contribution in [0.1, 0.15) is 26.3 Å². The quantitative estimate of drug-likeness (QED) is 0.704. The highest BCUT2D eigenvalue weighted by molar-refractivity contribution is 6.07. The predicted octanol–water partition coefficient (Wildman–Crippen LogP) is 3.31. The minimum atomic E-state index is -0.139. The van der Waals surface area contributed by atoms with Crippen molar-refractivity contribution >= 4 is 22.6 Å². The lowest BCUT2D eigenvalue weighted by Crippen LogP contribution is -2.34. The molecule has 0 radical (unpaired) electrons. The summed E-state index contributed by atoms with van der Waals surface area (Å²) < 4.78 is 0. The van der Waals surface area contributed by atoms with Crippen LogP contribution in [0.4, 0.5) is 0 Å². The van der Waals surface area contributed by atoms with Gasteiger partial charge in [0.15, 0.2) is 0 Å². The van der Waals surface area contributed by atoms with Gasteiger partial charge in [0.25, 0.3) is 11.8 Å². The summed E-state index contributed by atoms with van der Waals surface area (Å²) in [4.78, 5) is 24.4. The van der Waals surface area contributed by atoms with Crippen LogP contribution in [0.25, 0.3) is 10.8 Å². The van der Waals surface area contributed by atoms with Crippen LogP contribution in [0.3, 0.4) is 0 Å². The normalized spacial score (nSPS) is 10.4. The Balaban J connectivity index is 1.54. The molecule has 0 spiro atoms. The number of nitrogens with one attached hydrogen (secondary N) is 2. The molecule has 0 aliphatic rings. The van der Waals surface area contributed by atoms with Crippen LogP contribution >= 0.6 is 0 Å². The highest BCUT2D eigenvalue weighted by Crippen LogP contribution is 2.18. The summed E-state index contributed by atoms with van der Waals surface area (Å²) in [6.45, 7) is 2.73. The standard InChI is InChI=1S/C21H20N2O2/c1-15-9-11-17(12-10-15)20(24)22-13-14-23-21(25)19-8-4-6-16-5-2-3-7-18(16)19/h2-12H,13-14H2,1H3,(H,22,24)(H,23,25). The van der Waals surface area contributed by atoms with Crippen LogP contribution in [-0.4, -0.2) is 24.9 Å². The Labute approximate surface area is 146 Å². The second-order valence-electron chi connectivity index (χ2n) is 5.90. The van der Waals surface area contributed by atoms with Crippen LogP contribution in [0, 0.1) is 6.92 Å². The zero-order chi connectivity index (χ0) is 17.6. The van der Waals surface area contributed by atoms with Gasteiger partial charge in [-0.3, -0.25) is 9.59 Å². The molecule has 0 fully saturated rings. The average Bonchev–Trinajstić information content (AvgIpc) is 2.65. The van der Waals surface area contributed by atoms with Crippen molar-refractivity contribution in [3.05, 3.63) is 83.4 Å². The second kappa shape index (κ2) is 7.62. The summed E-state index contributed by atoms with van der Waals surface area (Å²) in [6, 6.07) is 20.8. The maximum atomic E-state index is 12.4. The Morgan fingerprint density at radius 2 is 1.40 bits per heavy atom. The molecule has 0 saturated carbocycles. The zero-order valence-electron chi connectivity index (χ0n) is 14.1. The van der Waals surface area contributed by atoms with Crippen molar-refractivity contribution in [3.8, 4) is 0 Å². The summed E-state index contributed by atoms with van der Waals surface area (Å²) in [6.07, 6.45) is 0. The molecule has 4 nitrogen and oxygen atoms in total. The minimum absolute atomic E-state index is 0.138. The number of amides is 2. The first kappa shape index (κ1) is 16.7. The summed E-state index contributed by atoms with van der Waals surface area (Å²) in [5.41, 5.74) is 2.37. The van der Waals surface area contributed by atoms with E-state index in [-0.39, 0.29) is 11.8 Å². The third-order valence-electron chi connectivity index (χ3n) is 4.04. The summed E-state index contributed by atoms with van der Waals surface area (Å²) in [7, 11) is 0. The van der Waals surface area contributed by atoms with Crippen LogP contribution < -0.4 is 10.6 Å². The number of hydrogen-bond donors (Lipinski definition) is 2. The van der Waals surface area contributed by atoms with Crippen LogP contribution in [0.15, 0.2) is 66.7 Å². The second-order valence-corrected chi connectivity index (χ2v) is 5.90. The number of rotatable bonds is 5. The lowest BCUT2D eigenvalue weighted by molar-refractivity contribution is 0.0928. The molecule has 2 N–H and O–H groups in total. The highest BCUT2D eigenvalue weighted by Gasteiger charge is 2.09. The molecule has 0 atom stereocenters. The summed E-state index contributed by atoms with van der Waals surface area (Å²) >= 11 is 0. The van der Waals surface area contributed by atoms with Gasteiger partial charge in [0.2, 0.25) is 0 Å². The van der Waals surface area contributed by atoms with Gasteiger partial charge in [-0.1, -0.05) is 54.1 Å². The maximum Gasteiger partial charge on any atom is 0.251 e. The Hall–Kier alpha value is -3.14. The van der Waals surface area contributed by atoms with Gasteiger partial charge in [-0.05, 0) is 35.9 Å². The van der Waals surface area contributed by atoms with E-state index in [9.17, 15) is 9.59 Å². The van der Waals surface area contributed by atoms with Crippen LogP contribution in [0.5, 0.6) is 0 Å². The van der Waals surface area contributed by atoms with E-state index in [0.29, 0.717) is 24.2 Å². The van der Waals surface area contributed by atoms with E-state index in [1.54, 1.807) is 12.1 Å². The number of aryl methyl sites for hydroxylation is 1. The number of benzene rings is 3.